The van der Waals surface area contributed by atoms with E-state index in [1.54, 1.807) is 0 Å². The normalized spacial score (nSPS) is 17.7. The van der Waals surface area contributed by atoms with Crippen LogP contribution in [0.4, 0.5) is 5.69 Å². The van der Waals surface area contributed by atoms with Crippen LogP contribution in [0.1, 0.15) is 57.1 Å². The summed E-state index contributed by atoms with van der Waals surface area (Å²) in [6.07, 6.45) is 6.71. The first-order valence-electron chi connectivity index (χ1n) is 10.3. The largest absolute Gasteiger partial charge is 0.385 e. The summed E-state index contributed by atoms with van der Waals surface area (Å²) in [4.78, 5) is 2.39. The maximum atomic E-state index is 12.0. The van der Waals surface area contributed by atoms with Crippen LogP contribution in [0.15, 0.2) is 54.6 Å². The molecule has 0 spiro atoms. The van der Waals surface area contributed by atoms with Crippen LogP contribution in [-0.4, -0.2) is 18.2 Å². The smallest absolute Gasteiger partial charge is 0.0965 e. The van der Waals surface area contributed by atoms with Crippen molar-refractivity contribution >= 4 is 5.69 Å². The SMILES string of the molecule is CCN(CC)c1ccccc1CC(O)(c1ccccc1)C1CCCCC1. The minimum absolute atomic E-state index is 0.336. The molecule has 1 N–H and O–H groups in total. The molecule has 1 atom stereocenters. The third-order valence-corrected chi connectivity index (χ3v) is 6.11. The number of aliphatic hydroxyl groups is 1. The number of benzene rings is 2. The maximum Gasteiger partial charge on any atom is 0.0965 e. The highest BCUT2D eigenvalue weighted by Crippen LogP contribution is 2.42. The standard InChI is InChI=1S/C24H33NO/c1-3-25(4-2)23-18-12-11-13-20(23)19-24(26,21-14-7-5-8-15-21)22-16-9-6-10-17-22/h5,7-8,11-15,18,22,26H,3-4,6,9-10,16-17,19H2,1-2H3. The van der Waals surface area contributed by atoms with E-state index in [9.17, 15) is 5.11 Å². The molecule has 0 bridgehead atoms. The van der Waals surface area contributed by atoms with Crippen molar-refractivity contribution in [1.82, 2.24) is 0 Å². The lowest BCUT2D eigenvalue weighted by Crippen LogP contribution is -2.39. The summed E-state index contributed by atoms with van der Waals surface area (Å²) in [5, 5.41) is 12.0. The van der Waals surface area contributed by atoms with E-state index in [0.717, 1.165) is 31.5 Å². The molecular formula is C24H33NO. The Morgan fingerprint density at radius 2 is 1.50 bits per heavy atom. The molecule has 1 aliphatic carbocycles. The van der Waals surface area contributed by atoms with E-state index in [1.807, 2.05) is 6.07 Å². The quantitative estimate of drug-likeness (QED) is 0.707. The predicted octanol–water partition coefficient (Wildman–Crippen LogP) is 5.54. The molecular weight excluding hydrogens is 318 g/mol. The van der Waals surface area contributed by atoms with Gasteiger partial charge in [0.25, 0.3) is 0 Å². The van der Waals surface area contributed by atoms with Gasteiger partial charge in [-0.15, -0.1) is 0 Å². The Labute approximate surface area is 158 Å². The van der Waals surface area contributed by atoms with Gasteiger partial charge in [0, 0.05) is 25.2 Å². The average Bonchev–Trinajstić information content (AvgIpc) is 2.71. The van der Waals surface area contributed by atoms with Crippen LogP contribution in [0.3, 0.4) is 0 Å². The molecule has 140 valence electrons. The van der Waals surface area contributed by atoms with E-state index in [0.29, 0.717) is 12.3 Å². The number of rotatable bonds is 7. The summed E-state index contributed by atoms with van der Waals surface area (Å²) >= 11 is 0. The van der Waals surface area contributed by atoms with Crippen molar-refractivity contribution in [3.63, 3.8) is 0 Å². The number of anilines is 1. The molecule has 0 saturated heterocycles. The summed E-state index contributed by atoms with van der Waals surface area (Å²) in [7, 11) is 0. The molecule has 3 rings (SSSR count). The van der Waals surface area contributed by atoms with Gasteiger partial charge in [-0.1, -0.05) is 67.8 Å². The molecule has 1 fully saturated rings. The minimum atomic E-state index is -0.787. The Kier molecular flexibility index (Phi) is 6.37. The number of nitrogens with zero attached hydrogens (tertiary/aromatic N) is 1. The fourth-order valence-electron chi connectivity index (χ4n) is 4.61. The summed E-state index contributed by atoms with van der Waals surface area (Å²) in [5.41, 5.74) is 2.81. The van der Waals surface area contributed by atoms with Gasteiger partial charge in [0.05, 0.1) is 5.60 Å². The molecule has 0 aliphatic heterocycles. The van der Waals surface area contributed by atoms with E-state index >= 15 is 0 Å². The van der Waals surface area contributed by atoms with Crippen molar-refractivity contribution < 1.29 is 5.11 Å². The molecule has 26 heavy (non-hydrogen) atoms. The summed E-state index contributed by atoms with van der Waals surface area (Å²) in [6.45, 7) is 6.37. The Morgan fingerprint density at radius 3 is 2.15 bits per heavy atom. The highest BCUT2D eigenvalue weighted by atomic mass is 16.3. The fourth-order valence-corrected chi connectivity index (χ4v) is 4.61. The van der Waals surface area contributed by atoms with E-state index in [1.165, 1.54) is 30.5 Å². The predicted molar refractivity (Wildman–Crippen MR) is 111 cm³/mol. The molecule has 0 heterocycles. The second kappa shape index (κ2) is 8.73. The van der Waals surface area contributed by atoms with Crippen LogP contribution in [0, 0.1) is 5.92 Å². The van der Waals surface area contributed by atoms with Crippen LogP contribution in [0.5, 0.6) is 0 Å². The zero-order valence-electron chi connectivity index (χ0n) is 16.3. The summed E-state index contributed by atoms with van der Waals surface area (Å²) in [5.74, 6) is 0.336. The Morgan fingerprint density at radius 1 is 0.885 bits per heavy atom. The van der Waals surface area contributed by atoms with Gasteiger partial charge in [0.1, 0.15) is 0 Å². The zero-order valence-corrected chi connectivity index (χ0v) is 16.3. The maximum absolute atomic E-state index is 12.0. The van der Waals surface area contributed by atoms with Crippen LogP contribution < -0.4 is 4.90 Å². The lowest BCUT2D eigenvalue weighted by atomic mass is 9.70. The van der Waals surface area contributed by atoms with Crippen molar-refractivity contribution in [3.8, 4) is 0 Å². The highest BCUT2D eigenvalue weighted by molar-refractivity contribution is 5.54. The molecule has 0 radical (unpaired) electrons. The highest BCUT2D eigenvalue weighted by Gasteiger charge is 2.39. The minimum Gasteiger partial charge on any atom is -0.385 e. The van der Waals surface area contributed by atoms with Gasteiger partial charge in [-0.3, -0.25) is 0 Å². The second-order valence-electron chi connectivity index (χ2n) is 7.60. The van der Waals surface area contributed by atoms with Gasteiger partial charge < -0.3 is 10.0 Å². The van der Waals surface area contributed by atoms with E-state index in [4.69, 9.17) is 0 Å². The number of hydrogen-bond acceptors (Lipinski definition) is 2. The van der Waals surface area contributed by atoms with Crippen molar-refractivity contribution in [2.75, 3.05) is 18.0 Å². The third-order valence-electron chi connectivity index (χ3n) is 6.11. The zero-order chi connectivity index (χ0) is 18.4. The first-order chi connectivity index (χ1) is 12.7. The van der Waals surface area contributed by atoms with Gasteiger partial charge in [-0.05, 0) is 49.8 Å². The van der Waals surface area contributed by atoms with E-state index in [2.05, 4.69) is 67.3 Å². The first-order valence-corrected chi connectivity index (χ1v) is 10.3. The van der Waals surface area contributed by atoms with Crippen LogP contribution in [0.25, 0.3) is 0 Å². The van der Waals surface area contributed by atoms with Crippen LogP contribution in [0.2, 0.25) is 0 Å². The molecule has 1 aliphatic rings. The van der Waals surface area contributed by atoms with Gasteiger partial charge in [-0.2, -0.15) is 0 Å². The van der Waals surface area contributed by atoms with Gasteiger partial charge in [0.2, 0.25) is 0 Å². The number of hydrogen-bond donors (Lipinski definition) is 1. The topological polar surface area (TPSA) is 23.5 Å². The molecule has 0 aromatic heterocycles. The van der Waals surface area contributed by atoms with Crippen molar-refractivity contribution in [3.05, 3.63) is 65.7 Å². The van der Waals surface area contributed by atoms with Crippen LogP contribution in [-0.2, 0) is 12.0 Å². The van der Waals surface area contributed by atoms with E-state index < -0.39 is 5.60 Å². The summed E-state index contributed by atoms with van der Waals surface area (Å²) in [6, 6.07) is 19.0. The third kappa shape index (κ3) is 3.96. The Balaban J connectivity index is 1.99. The average molecular weight is 352 g/mol. The first kappa shape index (κ1) is 19.0. The Bertz CT molecular complexity index is 674. The molecule has 2 aromatic carbocycles. The fraction of sp³-hybridized carbons (Fsp3) is 0.500. The van der Waals surface area contributed by atoms with E-state index in [-0.39, 0.29) is 0 Å². The lowest BCUT2D eigenvalue weighted by molar-refractivity contribution is -0.0385. The van der Waals surface area contributed by atoms with Crippen molar-refractivity contribution in [1.29, 1.82) is 0 Å². The lowest BCUT2D eigenvalue weighted by Gasteiger charge is -2.40. The molecule has 2 nitrogen and oxygen atoms in total. The van der Waals surface area contributed by atoms with Crippen molar-refractivity contribution in [2.45, 2.75) is 58.0 Å². The van der Waals surface area contributed by atoms with Gasteiger partial charge in [0.15, 0.2) is 0 Å². The molecule has 2 aromatic rings. The number of para-hydroxylation sites is 1. The molecule has 2 heteroatoms. The van der Waals surface area contributed by atoms with Gasteiger partial charge >= 0.3 is 0 Å². The monoisotopic (exact) mass is 351 g/mol. The summed E-state index contributed by atoms with van der Waals surface area (Å²) < 4.78 is 0. The van der Waals surface area contributed by atoms with Crippen LogP contribution >= 0.6 is 0 Å². The molecule has 0 amide bonds. The molecule has 1 saturated carbocycles. The Hall–Kier alpha value is -1.80. The van der Waals surface area contributed by atoms with Crippen molar-refractivity contribution in [2.24, 2.45) is 5.92 Å². The second-order valence-corrected chi connectivity index (χ2v) is 7.60. The van der Waals surface area contributed by atoms with Gasteiger partial charge in [-0.25, -0.2) is 0 Å². The molecule has 1 unspecified atom stereocenters.